The molecule has 0 aliphatic rings. The molecular formula is C13H9Cl2N3O. The Hall–Kier alpha value is -1.78. The van der Waals surface area contributed by atoms with E-state index in [4.69, 9.17) is 27.6 Å². The van der Waals surface area contributed by atoms with Crippen LogP contribution in [0.2, 0.25) is 10.0 Å². The van der Waals surface area contributed by atoms with Crippen molar-refractivity contribution in [2.45, 2.75) is 6.42 Å². The maximum atomic E-state index is 6.23. The van der Waals surface area contributed by atoms with Crippen molar-refractivity contribution in [2.75, 3.05) is 0 Å². The van der Waals surface area contributed by atoms with Crippen molar-refractivity contribution in [3.63, 3.8) is 0 Å². The van der Waals surface area contributed by atoms with E-state index < -0.39 is 0 Å². The van der Waals surface area contributed by atoms with Gasteiger partial charge in [0.15, 0.2) is 5.58 Å². The van der Waals surface area contributed by atoms with Crippen LogP contribution in [-0.2, 0) is 6.42 Å². The number of hydrogen-bond donors (Lipinski definition) is 1. The molecule has 3 aromatic rings. The Morgan fingerprint density at radius 1 is 1.42 bits per heavy atom. The summed E-state index contributed by atoms with van der Waals surface area (Å²) in [6, 6.07) is 1.72. The van der Waals surface area contributed by atoms with E-state index in [1.807, 2.05) is 0 Å². The average molecular weight is 294 g/mol. The van der Waals surface area contributed by atoms with Crippen LogP contribution < -0.4 is 0 Å². The van der Waals surface area contributed by atoms with Crippen molar-refractivity contribution in [2.24, 2.45) is 0 Å². The number of nitrogens with one attached hydrogen (secondary N) is 1. The molecule has 0 radical (unpaired) electrons. The van der Waals surface area contributed by atoms with E-state index >= 15 is 0 Å². The predicted octanol–water partition coefficient (Wildman–Crippen LogP) is 4.09. The van der Waals surface area contributed by atoms with Crippen molar-refractivity contribution < 1.29 is 4.42 Å². The Kier molecular flexibility index (Phi) is 3.05. The van der Waals surface area contributed by atoms with E-state index in [9.17, 15) is 0 Å². The summed E-state index contributed by atoms with van der Waals surface area (Å²) in [4.78, 5) is 11.5. The van der Waals surface area contributed by atoms with Gasteiger partial charge >= 0.3 is 0 Å². The normalized spacial score (nSPS) is 11.1. The molecule has 19 heavy (non-hydrogen) atoms. The first-order valence-corrected chi connectivity index (χ1v) is 6.32. The lowest BCUT2D eigenvalue weighted by molar-refractivity contribution is 0.540. The van der Waals surface area contributed by atoms with E-state index in [0.717, 1.165) is 5.82 Å². The topological polar surface area (TPSA) is 54.7 Å². The lowest BCUT2D eigenvalue weighted by atomic mass is 10.2. The third-order valence-electron chi connectivity index (χ3n) is 2.73. The molecular weight excluding hydrogens is 285 g/mol. The van der Waals surface area contributed by atoms with Gasteiger partial charge in [0.2, 0.25) is 5.89 Å². The molecule has 4 nitrogen and oxygen atoms in total. The molecule has 0 saturated carbocycles. The monoisotopic (exact) mass is 293 g/mol. The molecule has 0 amide bonds. The number of aromatic amines is 1. The van der Waals surface area contributed by atoms with Crippen LogP contribution in [-0.4, -0.2) is 15.0 Å². The van der Waals surface area contributed by atoms with Crippen LogP contribution in [0.3, 0.4) is 0 Å². The molecule has 0 aliphatic carbocycles. The lowest BCUT2D eigenvalue weighted by Gasteiger charge is -2.00. The number of hydrogen-bond acceptors (Lipinski definition) is 3. The molecule has 0 spiro atoms. The number of fused-ring (bicyclic) bond motifs is 1. The van der Waals surface area contributed by atoms with Crippen LogP contribution in [0.15, 0.2) is 29.5 Å². The molecule has 6 heteroatoms. The molecule has 0 fully saturated rings. The molecule has 3 rings (SSSR count). The van der Waals surface area contributed by atoms with Crippen molar-refractivity contribution in [1.29, 1.82) is 0 Å². The third-order valence-corrected chi connectivity index (χ3v) is 3.42. The number of benzene rings is 1. The fourth-order valence-electron chi connectivity index (χ4n) is 1.86. The number of nitrogens with zero attached hydrogens (tertiary/aromatic N) is 2. The minimum absolute atomic E-state index is 0.427. The van der Waals surface area contributed by atoms with Gasteiger partial charge in [-0.1, -0.05) is 35.9 Å². The van der Waals surface area contributed by atoms with Gasteiger partial charge in [0.1, 0.15) is 11.3 Å². The van der Waals surface area contributed by atoms with Crippen LogP contribution in [0.25, 0.3) is 17.2 Å². The van der Waals surface area contributed by atoms with Crippen molar-refractivity contribution >= 4 is 40.4 Å². The molecule has 0 atom stereocenters. The zero-order valence-electron chi connectivity index (χ0n) is 9.78. The van der Waals surface area contributed by atoms with Crippen LogP contribution in [0.1, 0.15) is 17.3 Å². The molecule has 1 N–H and O–H groups in total. The van der Waals surface area contributed by atoms with Gasteiger partial charge in [0, 0.05) is 18.0 Å². The van der Waals surface area contributed by atoms with E-state index in [0.29, 0.717) is 39.0 Å². The Morgan fingerprint density at radius 2 is 2.26 bits per heavy atom. The van der Waals surface area contributed by atoms with Gasteiger partial charge in [0.25, 0.3) is 0 Å². The van der Waals surface area contributed by atoms with E-state index in [1.165, 1.54) is 0 Å². The van der Waals surface area contributed by atoms with Gasteiger partial charge in [-0.15, -0.1) is 0 Å². The third kappa shape index (κ3) is 2.13. The van der Waals surface area contributed by atoms with Gasteiger partial charge in [-0.25, -0.2) is 9.97 Å². The van der Waals surface area contributed by atoms with Gasteiger partial charge in [0.05, 0.1) is 16.5 Å². The maximum Gasteiger partial charge on any atom is 0.203 e. The zero-order chi connectivity index (χ0) is 13.4. The Bertz CT molecular complexity index is 747. The quantitative estimate of drug-likeness (QED) is 0.791. The number of H-pyrrole nitrogens is 1. The minimum Gasteiger partial charge on any atom is -0.439 e. The van der Waals surface area contributed by atoms with Crippen LogP contribution >= 0.6 is 23.2 Å². The van der Waals surface area contributed by atoms with E-state index in [-0.39, 0.29) is 0 Å². The molecule has 1 aromatic carbocycles. The summed E-state index contributed by atoms with van der Waals surface area (Å²) in [7, 11) is 0. The highest BCUT2D eigenvalue weighted by atomic mass is 35.5. The Labute approximate surface area is 119 Å². The summed E-state index contributed by atoms with van der Waals surface area (Å²) >= 11 is 12.3. The number of rotatable bonds is 3. The second-order valence-corrected chi connectivity index (χ2v) is 4.74. The summed E-state index contributed by atoms with van der Waals surface area (Å²) in [5.41, 5.74) is 1.79. The molecule has 0 unspecified atom stereocenters. The Balaban J connectivity index is 2.10. The van der Waals surface area contributed by atoms with Gasteiger partial charge in [-0.3, -0.25) is 0 Å². The number of aromatic nitrogens is 3. The first-order valence-electron chi connectivity index (χ1n) is 5.57. The lowest BCUT2D eigenvalue weighted by Crippen LogP contribution is -1.89. The summed E-state index contributed by atoms with van der Waals surface area (Å²) in [6.45, 7) is 3.68. The SMILES string of the molecule is C=Cc1c(Cl)cc2nc(Cc3ncc[nH]3)oc2c1Cl. The summed E-state index contributed by atoms with van der Waals surface area (Å²) < 4.78 is 5.66. The standard InChI is InChI=1S/C13H9Cl2N3O/c1-2-7-8(14)5-9-13(12(7)15)19-11(18-9)6-10-16-3-4-17-10/h2-5H,1,6H2,(H,16,17). The van der Waals surface area contributed by atoms with Crippen LogP contribution in [0.5, 0.6) is 0 Å². The second kappa shape index (κ2) is 4.72. The van der Waals surface area contributed by atoms with Gasteiger partial charge in [-0.2, -0.15) is 0 Å². The molecule has 0 aliphatic heterocycles. The second-order valence-electron chi connectivity index (χ2n) is 3.96. The van der Waals surface area contributed by atoms with Crippen LogP contribution in [0, 0.1) is 0 Å². The number of halogens is 2. The van der Waals surface area contributed by atoms with Crippen molar-refractivity contribution in [3.05, 3.63) is 52.4 Å². The maximum absolute atomic E-state index is 6.23. The van der Waals surface area contributed by atoms with E-state index in [1.54, 1.807) is 24.5 Å². The molecule has 2 heterocycles. The highest BCUT2D eigenvalue weighted by Crippen LogP contribution is 2.34. The smallest absolute Gasteiger partial charge is 0.203 e. The highest BCUT2D eigenvalue weighted by molar-refractivity contribution is 6.40. The predicted molar refractivity (Wildman–Crippen MR) is 75.5 cm³/mol. The first-order chi connectivity index (χ1) is 9.19. The average Bonchev–Trinajstić information content (AvgIpc) is 2.99. The zero-order valence-corrected chi connectivity index (χ0v) is 11.3. The molecule has 0 bridgehead atoms. The minimum atomic E-state index is 0.427. The van der Waals surface area contributed by atoms with Gasteiger partial charge < -0.3 is 9.40 Å². The molecule has 2 aromatic heterocycles. The summed E-state index contributed by atoms with van der Waals surface area (Å²) in [5, 5.41) is 0.932. The molecule has 96 valence electrons. The first kappa shape index (κ1) is 12.3. The highest BCUT2D eigenvalue weighted by Gasteiger charge is 2.15. The molecule has 0 saturated heterocycles. The number of imidazole rings is 1. The summed E-state index contributed by atoms with van der Waals surface area (Å²) in [5.74, 6) is 1.31. The fraction of sp³-hybridized carbons (Fsp3) is 0.0769. The van der Waals surface area contributed by atoms with E-state index in [2.05, 4.69) is 21.5 Å². The largest absolute Gasteiger partial charge is 0.439 e. The van der Waals surface area contributed by atoms with Crippen molar-refractivity contribution in [3.8, 4) is 0 Å². The van der Waals surface area contributed by atoms with Crippen LogP contribution in [0.4, 0.5) is 0 Å². The Morgan fingerprint density at radius 3 is 2.95 bits per heavy atom. The fourth-order valence-corrected chi connectivity index (χ4v) is 2.50. The van der Waals surface area contributed by atoms with Gasteiger partial charge in [-0.05, 0) is 6.07 Å². The summed E-state index contributed by atoms with van der Waals surface area (Å²) in [6.07, 6.45) is 5.49. The number of oxazole rings is 1. The van der Waals surface area contributed by atoms with Crippen molar-refractivity contribution in [1.82, 2.24) is 15.0 Å².